The van der Waals surface area contributed by atoms with Gasteiger partial charge >= 0.3 is 0 Å². The molecule has 0 aliphatic rings. The van der Waals surface area contributed by atoms with Crippen molar-refractivity contribution in [2.24, 2.45) is 0 Å². The van der Waals surface area contributed by atoms with Crippen LogP contribution in [0.4, 0.5) is 5.69 Å². The maximum absolute atomic E-state index is 13.2. The van der Waals surface area contributed by atoms with Gasteiger partial charge in [0.1, 0.15) is 5.75 Å². The zero-order chi connectivity index (χ0) is 17.6. The monoisotopic (exact) mass is 331 g/mol. The predicted molar refractivity (Wildman–Crippen MR) is 99.1 cm³/mol. The van der Waals surface area contributed by atoms with E-state index in [1.54, 1.807) is 23.9 Å². The molecule has 5 heteroatoms. The Hall–Kier alpha value is -3.34. The average molecular weight is 331 g/mol. The summed E-state index contributed by atoms with van der Waals surface area (Å²) in [4.78, 5) is 17.7. The van der Waals surface area contributed by atoms with Gasteiger partial charge in [0.05, 0.1) is 29.4 Å². The second kappa shape index (κ2) is 5.63. The summed E-state index contributed by atoms with van der Waals surface area (Å²) in [7, 11) is 1.57. The lowest BCUT2D eigenvalue weighted by Gasteiger charge is -2.10. The van der Waals surface area contributed by atoms with E-state index in [2.05, 4.69) is 4.98 Å². The summed E-state index contributed by atoms with van der Waals surface area (Å²) in [6.45, 7) is 1.89. The maximum atomic E-state index is 13.2. The van der Waals surface area contributed by atoms with Crippen LogP contribution in [0.1, 0.15) is 16.1 Å². The van der Waals surface area contributed by atoms with Crippen LogP contribution in [0.5, 0.6) is 5.75 Å². The molecule has 25 heavy (non-hydrogen) atoms. The highest BCUT2D eigenvalue weighted by Gasteiger charge is 2.17. The minimum Gasteiger partial charge on any atom is -0.495 e. The average Bonchev–Trinajstić information content (AvgIpc) is 3.05. The third-order valence-electron chi connectivity index (χ3n) is 4.39. The Bertz CT molecular complexity index is 1130. The molecule has 0 fully saturated rings. The van der Waals surface area contributed by atoms with Gasteiger partial charge in [-0.25, -0.2) is 0 Å². The van der Waals surface area contributed by atoms with Crippen LogP contribution < -0.4 is 10.5 Å². The van der Waals surface area contributed by atoms with Crippen molar-refractivity contribution < 1.29 is 9.53 Å². The number of para-hydroxylation sites is 1. The van der Waals surface area contributed by atoms with Gasteiger partial charge in [-0.05, 0) is 37.3 Å². The van der Waals surface area contributed by atoms with Gasteiger partial charge in [0, 0.05) is 22.7 Å². The molecule has 0 radical (unpaired) electrons. The number of rotatable bonds is 2. The van der Waals surface area contributed by atoms with Crippen LogP contribution in [-0.2, 0) is 0 Å². The van der Waals surface area contributed by atoms with Crippen LogP contribution in [0.15, 0.2) is 54.7 Å². The smallest absolute Gasteiger partial charge is 0.263 e. The maximum Gasteiger partial charge on any atom is 0.263 e. The largest absolute Gasteiger partial charge is 0.495 e. The summed E-state index contributed by atoms with van der Waals surface area (Å²) in [5.41, 5.74) is 9.65. The van der Waals surface area contributed by atoms with Crippen molar-refractivity contribution >= 4 is 33.4 Å². The van der Waals surface area contributed by atoms with Gasteiger partial charge < -0.3 is 10.5 Å². The zero-order valence-corrected chi connectivity index (χ0v) is 14.0. The lowest BCUT2D eigenvalue weighted by atomic mass is 10.1. The second-order valence-electron chi connectivity index (χ2n) is 5.93. The van der Waals surface area contributed by atoms with Crippen LogP contribution in [0.3, 0.4) is 0 Å². The van der Waals surface area contributed by atoms with Crippen molar-refractivity contribution in [2.75, 3.05) is 12.8 Å². The lowest BCUT2D eigenvalue weighted by Crippen LogP contribution is -2.12. The normalized spacial score (nSPS) is 11.1. The molecule has 4 rings (SSSR count). The minimum atomic E-state index is -0.110. The highest BCUT2D eigenvalue weighted by molar-refractivity contribution is 6.11. The summed E-state index contributed by atoms with van der Waals surface area (Å²) < 4.78 is 6.87. The van der Waals surface area contributed by atoms with Crippen molar-refractivity contribution in [3.8, 4) is 5.75 Å². The van der Waals surface area contributed by atoms with Crippen molar-refractivity contribution in [2.45, 2.75) is 6.92 Å². The number of benzene rings is 2. The van der Waals surface area contributed by atoms with Crippen LogP contribution in [-0.4, -0.2) is 22.6 Å². The van der Waals surface area contributed by atoms with Crippen molar-refractivity contribution in [3.05, 3.63) is 66.0 Å². The van der Waals surface area contributed by atoms with Gasteiger partial charge in [-0.1, -0.05) is 18.2 Å². The van der Waals surface area contributed by atoms with E-state index < -0.39 is 0 Å². The number of hydrogen-bond acceptors (Lipinski definition) is 4. The number of anilines is 1. The quantitative estimate of drug-likeness (QED) is 0.568. The molecule has 2 aromatic carbocycles. The van der Waals surface area contributed by atoms with Gasteiger partial charge in [-0.15, -0.1) is 0 Å². The molecule has 2 N–H and O–H groups in total. The van der Waals surface area contributed by atoms with Crippen LogP contribution in [0.2, 0.25) is 0 Å². The first-order valence-electron chi connectivity index (χ1n) is 7.95. The highest BCUT2D eigenvalue weighted by atomic mass is 16.5. The summed E-state index contributed by atoms with van der Waals surface area (Å²) >= 11 is 0. The van der Waals surface area contributed by atoms with E-state index in [9.17, 15) is 4.79 Å². The molecule has 2 heterocycles. The molecule has 0 bridgehead atoms. The molecular weight excluding hydrogens is 314 g/mol. The number of fused-ring (bicyclic) bond motifs is 2. The summed E-state index contributed by atoms with van der Waals surface area (Å²) in [5.74, 6) is 0.490. The van der Waals surface area contributed by atoms with E-state index >= 15 is 0 Å². The third-order valence-corrected chi connectivity index (χ3v) is 4.39. The fourth-order valence-corrected chi connectivity index (χ4v) is 3.19. The molecule has 0 aliphatic carbocycles. The summed E-state index contributed by atoms with van der Waals surface area (Å²) in [6.07, 6.45) is 1.74. The topological polar surface area (TPSA) is 70.1 Å². The third kappa shape index (κ3) is 2.32. The molecule has 0 saturated heterocycles. The number of pyridine rings is 1. The second-order valence-corrected chi connectivity index (χ2v) is 5.93. The Balaban J connectivity index is 1.93. The van der Waals surface area contributed by atoms with Gasteiger partial charge in [-0.2, -0.15) is 0 Å². The number of hydrogen-bond donors (Lipinski definition) is 1. The van der Waals surface area contributed by atoms with Crippen molar-refractivity contribution in [1.82, 2.24) is 9.55 Å². The number of nitrogens with zero attached hydrogens (tertiary/aromatic N) is 2. The van der Waals surface area contributed by atoms with E-state index in [1.165, 1.54) is 0 Å². The van der Waals surface area contributed by atoms with Crippen LogP contribution in [0.25, 0.3) is 21.8 Å². The molecule has 0 unspecified atom stereocenters. The number of nitrogens with two attached hydrogens (primary N) is 1. The van der Waals surface area contributed by atoms with Crippen molar-refractivity contribution in [1.29, 1.82) is 0 Å². The minimum absolute atomic E-state index is 0.110. The Morgan fingerprint density at radius 1 is 1.12 bits per heavy atom. The number of carbonyl (C=O) groups excluding carboxylic acids is 1. The first kappa shape index (κ1) is 15.2. The van der Waals surface area contributed by atoms with Crippen LogP contribution >= 0.6 is 0 Å². The number of ether oxygens (including phenoxy) is 1. The van der Waals surface area contributed by atoms with E-state index in [-0.39, 0.29) is 5.91 Å². The van der Waals surface area contributed by atoms with Crippen molar-refractivity contribution in [3.63, 3.8) is 0 Å². The molecule has 0 atom stereocenters. The number of methoxy groups -OCH3 is 1. The van der Waals surface area contributed by atoms with E-state index in [0.29, 0.717) is 17.0 Å². The van der Waals surface area contributed by atoms with E-state index in [1.807, 2.05) is 49.4 Å². The summed E-state index contributed by atoms with van der Waals surface area (Å²) in [6, 6.07) is 14.9. The summed E-state index contributed by atoms with van der Waals surface area (Å²) in [5, 5.41) is 1.63. The number of nitrogen functional groups attached to an aromatic ring is 1. The Labute approximate surface area is 144 Å². The number of aryl methyl sites for hydroxylation is 1. The fourth-order valence-electron chi connectivity index (χ4n) is 3.19. The molecule has 0 amide bonds. The van der Waals surface area contributed by atoms with E-state index in [4.69, 9.17) is 10.5 Å². The highest BCUT2D eigenvalue weighted by Crippen LogP contribution is 2.32. The number of aromatic nitrogens is 2. The molecular formula is C20H17N3O2. The van der Waals surface area contributed by atoms with Gasteiger partial charge in [-0.3, -0.25) is 14.3 Å². The van der Waals surface area contributed by atoms with Crippen LogP contribution in [0, 0.1) is 6.92 Å². The fraction of sp³-hybridized carbons (Fsp3) is 0.100. The van der Waals surface area contributed by atoms with Gasteiger partial charge in [0.2, 0.25) is 0 Å². The molecule has 2 aromatic heterocycles. The molecule has 0 aliphatic heterocycles. The van der Waals surface area contributed by atoms with Gasteiger partial charge in [0.25, 0.3) is 5.91 Å². The molecule has 5 nitrogen and oxygen atoms in total. The molecule has 0 saturated carbocycles. The van der Waals surface area contributed by atoms with Gasteiger partial charge in [0.15, 0.2) is 0 Å². The first-order chi connectivity index (χ1) is 12.1. The standard InChI is InChI=1S/C20H17N3O2/c1-12-11-15(13-5-3-4-6-16(13)22-12)20(24)23-10-9-14-17(23)7-8-18(25-2)19(14)21/h3-11H,21H2,1-2H3. The Kier molecular flexibility index (Phi) is 3.42. The lowest BCUT2D eigenvalue weighted by molar-refractivity contribution is 0.0966. The SMILES string of the molecule is COc1ccc2c(ccn2C(=O)c2cc(C)nc3ccccc23)c1N. The predicted octanol–water partition coefficient (Wildman–Crippen LogP) is 3.78. The molecule has 124 valence electrons. The Morgan fingerprint density at radius 3 is 2.72 bits per heavy atom. The number of carbonyl (C=O) groups is 1. The molecule has 4 aromatic rings. The Morgan fingerprint density at radius 2 is 1.92 bits per heavy atom. The zero-order valence-electron chi connectivity index (χ0n) is 14.0. The first-order valence-corrected chi connectivity index (χ1v) is 7.95. The van der Waals surface area contributed by atoms with E-state index in [0.717, 1.165) is 27.5 Å². The molecule has 0 spiro atoms.